The van der Waals surface area contributed by atoms with Crippen LogP contribution in [0.1, 0.15) is 13.3 Å². The van der Waals surface area contributed by atoms with Crippen LogP contribution in [-0.2, 0) is 9.59 Å². The Morgan fingerprint density at radius 3 is 2.40 bits per heavy atom. The predicted octanol–water partition coefficient (Wildman–Crippen LogP) is -0.488. The topological polar surface area (TPSA) is 72.2 Å². The summed E-state index contributed by atoms with van der Waals surface area (Å²) in [5.74, 6) is 4.31. The van der Waals surface area contributed by atoms with Crippen LogP contribution in [0.15, 0.2) is 12.3 Å². The molecule has 0 saturated heterocycles. The fraction of sp³-hybridized carbons (Fsp3) is 0.333. The lowest BCUT2D eigenvalue weighted by atomic mass is 10.2. The second-order valence-corrected chi connectivity index (χ2v) is 1.92. The monoisotopic (exact) mass is 142 g/mol. The number of allylic oxidation sites excluding steroid dienone is 1. The highest BCUT2D eigenvalue weighted by Gasteiger charge is 2.07. The van der Waals surface area contributed by atoms with Crippen LogP contribution in [-0.4, -0.2) is 11.6 Å². The van der Waals surface area contributed by atoms with Crippen molar-refractivity contribution >= 4 is 11.6 Å². The molecule has 0 radical (unpaired) electrons. The summed E-state index contributed by atoms with van der Waals surface area (Å²) in [6.07, 6.45) is -0.136. The summed E-state index contributed by atoms with van der Waals surface area (Å²) in [7, 11) is 0. The van der Waals surface area contributed by atoms with E-state index in [1.807, 2.05) is 0 Å². The Bertz CT molecular complexity index is 175. The lowest BCUT2D eigenvalue weighted by Gasteiger charge is -1.99. The zero-order valence-electron chi connectivity index (χ0n) is 5.81. The second-order valence-electron chi connectivity index (χ2n) is 1.92. The maximum absolute atomic E-state index is 10.7. The van der Waals surface area contributed by atoms with Gasteiger partial charge in [0.05, 0.1) is 12.1 Å². The highest BCUT2D eigenvalue weighted by molar-refractivity contribution is 6.06. The van der Waals surface area contributed by atoms with Gasteiger partial charge in [-0.25, -0.2) is 0 Å². The van der Waals surface area contributed by atoms with Crippen molar-refractivity contribution in [1.29, 1.82) is 0 Å². The minimum atomic E-state index is -0.366. The van der Waals surface area contributed by atoms with E-state index in [1.165, 1.54) is 6.92 Å². The number of hydrogen-bond acceptors (Lipinski definition) is 4. The normalized spacial score (nSPS) is 8.60. The molecule has 0 aliphatic heterocycles. The molecule has 0 bridgehead atoms. The van der Waals surface area contributed by atoms with Gasteiger partial charge >= 0.3 is 0 Å². The van der Waals surface area contributed by atoms with Crippen LogP contribution in [0.5, 0.6) is 0 Å². The van der Waals surface area contributed by atoms with Crippen molar-refractivity contribution in [3.8, 4) is 0 Å². The number of ketones is 2. The van der Waals surface area contributed by atoms with Crippen molar-refractivity contribution in [2.45, 2.75) is 13.3 Å². The van der Waals surface area contributed by atoms with Gasteiger partial charge in [0.15, 0.2) is 5.78 Å². The van der Waals surface area contributed by atoms with Crippen LogP contribution < -0.4 is 11.3 Å². The molecule has 4 nitrogen and oxygen atoms in total. The lowest BCUT2D eigenvalue weighted by Crippen LogP contribution is -2.26. The summed E-state index contributed by atoms with van der Waals surface area (Å²) in [6.45, 7) is 4.62. The van der Waals surface area contributed by atoms with Crippen LogP contribution >= 0.6 is 0 Å². The molecule has 0 rings (SSSR count). The van der Waals surface area contributed by atoms with E-state index in [0.29, 0.717) is 0 Å². The summed E-state index contributed by atoms with van der Waals surface area (Å²) in [4.78, 5) is 21.1. The first kappa shape index (κ1) is 8.84. The van der Waals surface area contributed by atoms with Crippen LogP contribution in [0.25, 0.3) is 0 Å². The third-order valence-electron chi connectivity index (χ3n) is 0.920. The van der Waals surface area contributed by atoms with Crippen molar-refractivity contribution in [1.82, 2.24) is 5.43 Å². The maximum atomic E-state index is 10.7. The third-order valence-corrected chi connectivity index (χ3v) is 0.920. The number of hydrazine groups is 1. The fourth-order valence-electron chi connectivity index (χ4n) is 0.413. The number of rotatable bonds is 4. The molecule has 0 aromatic heterocycles. The Morgan fingerprint density at radius 2 is 2.10 bits per heavy atom. The van der Waals surface area contributed by atoms with Crippen molar-refractivity contribution in [3.05, 3.63) is 12.3 Å². The molecule has 0 spiro atoms. The third kappa shape index (κ3) is 2.99. The number of nitrogens with two attached hydrogens (primary N) is 1. The van der Waals surface area contributed by atoms with Gasteiger partial charge in [-0.1, -0.05) is 6.58 Å². The summed E-state index contributed by atoms with van der Waals surface area (Å²) < 4.78 is 0. The molecule has 0 aliphatic carbocycles. The lowest BCUT2D eigenvalue weighted by molar-refractivity contribution is -0.124. The maximum Gasteiger partial charge on any atom is 0.186 e. The quantitative estimate of drug-likeness (QED) is 0.240. The molecule has 3 N–H and O–H groups in total. The largest absolute Gasteiger partial charge is 0.321 e. The van der Waals surface area contributed by atoms with Crippen LogP contribution in [0, 0.1) is 0 Å². The van der Waals surface area contributed by atoms with E-state index in [1.54, 1.807) is 0 Å². The zero-order chi connectivity index (χ0) is 8.15. The summed E-state index contributed by atoms with van der Waals surface area (Å²) in [5.41, 5.74) is 2.14. The summed E-state index contributed by atoms with van der Waals surface area (Å²) in [5, 5.41) is 0. The van der Waals surface area contributed by atoms with Crippen LogP contribution in [0.3, 0.4) is 0 Å². The molecule has 0 aromatic carbocycles. The zero-order valence-corrected chi connectivity index (χ0v) is 5.81. The van der Waals surface area contributed by atoms with E-state index in [2.05, 4.69) is 12.0 Å². The first-order chi connectivity index (χ1) is 4.57. The minimum absolute atomic E-state index is 0.0650. The molecule has 0 aliphatic rings. The standard InChI is InChI=1S/C6H10N2O2/c1-4(9)3-6(10)5(2)8-7/h8H,2-3,7H2,1H3. The second kappa shape index (κ2) is 3.79. The van der Waals surface area contributed by atoms with E-state index in [9.17, 15) is 9.59 Å². The minimum Gasteiger partial charge on any atom is -0.321 e. The fourth-order valence-corrected chi connectivity index (χ4v) is 0.413. The van der Waals surface area contributed by atoms with Gasteiger partial charge in [-0.15, -0.1) is 0 Å². The average Bonchev–Trinajstić information content (AvgIpc) is 1.85. The SMILES string of the molecule is C=C(NN)C(=O)CC(C)=O. The first-order valence-corrected chi connectivity index (χ1v) is 2.76. The van der Waals surface area contributed by atoms with Crippen molar-refractivity contribution < 1.29 is 9.59 Å². The Hall–Kier alpha value is -1.16. The summed E-state index contributed by atoms with van der Waals surface area (Å²) >= 11 is 0. The molecule has 0 unspecified atom stereocenters. The Labute approximate surface area is 59.1 Å². The number of carbonyl (C=O) groups is 2. The van der Waals surface area contributed by atoms with Gasteiger partial charge < -0.3 is 5.43 Å². The van der Waals surface area contributed by atoms with E-state index >= 15 is 0 Å². The van der Waals surface area contributed by atoms with Crippen molar-refractivity contribution in [2.75, 3.05) is 0 Å². The van der Waals surface area contributed by atoms with Crippen molar-refractivity contribution in [3.63, 3.8) is 0 Å². The first-order valence-electron chi connectivity index (χ1n) is 2.76. The molecule has 56 valence electrons. The number of Topliss-reactive ketones (excluding diaryl/α,β-unsaturated/α-hetero) is 2. The van der Waals surface area contributed by atoms with Gasteiger partial charge in [0.2, 0.25) is 0 Å². The molecule has 4 heteroatoms. The van der Waals surface area contributed by atoms with Crippen LogP contribution in [0.4, 0.5) is 0 Å². The molecule has 0 saturated carbocycles. The molecular formula is C6H10N2O2. The van der Waals surface area contributed by atoms with Crippen molar-refractivity contribution in [2.24, 2.45) is 5.84 Å². The molecular weight excluding hydrogens is 132 g/mol. The molecule has 10 heavy (non-hydrogen) atoms. The predicted molar refractivity (Wildman–Crippen MR) is 36.8 cm³/mol. The van der Waals surface area contributed by atoms with Gasteiger partial charge in [-0.3, -0.25) is 15.4 Å². The highest BCUT2D eigenvalue weighted by Crippen LogP contribution is 1.91. The number of nitrogens with one attached hydrogen (secondary N) is 1. The highest BCUT2D eigenvalue weighted by atomic mass is 16.1. The Morgan fingerprint density at radius 1 is 1.60 bits per heavy atom. The average molecular weight is 142 g/mol. The smallest absolute Gasteiger partial charge is 0.186 e. The Balaban J connectivity index is 3.86. The van der Waals surface area contributed by atoms with Gasteiger partial charge in [-0.2, -0.15) is 0 Å². The van der Waals surface area contributed by atoms with Gasteiger partial charge in [0.1, 0.15) is 5.78 Å². The van der Waals surface area contributed by atoms with Gasteiger partial charge in [0, 0.05) is 0 Å². The van der Waals surface area contributed by atoms with Gasteiger partial charge in [-0.05, 0) is 6.92 Å². The molecule has 0 heterocycles. The van der Waals surface area contributed by atoms with E-state index < -0.39 is 0 Å². The van der Waals surface area contributed by atoms with Crippen LogP contribution in [0.2, 0.25) is 0 Å². The molecule has 0 aromatic rings. The Kier molecular flexibility index (Phi) is 3.35. The van der Waals surface area contributed by atoms with E-state index in [4.69, 9.17) is 5.84 Å². The van der Waals surface area contributed by atoms with E-state index in [-0.39, 0.29) is 23.7 Å². The molecule has 0 fully saturated rings. The molecule has 0 amide bonds. The summed E-state index contributed by atoms with van der Waals surface area (Å²) in [6, 6.07) is 0. The molecule has 0 atom stereocenters. The number of carbonyl (C=O) groups excluding carboxylic acids is 2. The van der Waals surface area contributed by atoms with E-state index in [0.717, 1.165) is 0 Å². The number of hydrogen-bond donors (Lipinski definition) is 2. The van der Waals surface area contributed by atoms with Gasteiger partial charge in [0.25, 0.3) is 0 Å².